The van der Waals surface area contributed by atoms with Crippen molar-refractivity contribution in [1.29, 1.82) is 0 Å². The summed E-state index contributed by atoms with van der Waals surface area (Å²) >= 11 is 5.81. The highest BCUT2D eigenvalue weighted by Crippen LogP contribution is 2.30. The van der Waals surface area contributed by atoms with Gasteiger partial charge in [0.1, 0.15) is 0 Å². The summed E-state index contributed by atoms with van der Waals surface area (Å²) in [5.41, 5.74) is 2.84. The first kappa shape index (κ1) is 14.7. The molecule has 1 aliphatic rings. The Morgan fingerprint density at radius 1 is 1.41 bits per heavy atom. The normalized spacial score (nSPS) is 16.3. The lowest BCUT2D eigenvalue weighted by atomic mass is 9.88. The molecule has 2 aromatic rings. The van der Waals surface area contributed by atoms with Gasteiger partial charge >= 0.3 is 5.97 Å². The van der Waals surface area contributed by atoms with Crippen molar-refractivity contribution in [2.45, 2.75) is 25.2 Å². The van der Waals surface area contributed by atoms with Gasteiger partial charge in [0.2, 0.25) is 0 Å². The number of fused-ring (bicyclic) bond motifs is 1. The SMILES string of the molecule is O=C(OCC#Cc1ccc(Cl)cc1)C1CCCc2cn[nH]c21. The number of benzene rings is 1. The molecule has 0 bridgehead atoms. The number of hydrogen-bond acceptors (Lipinski definition) is 3. The number of aromatic amines is 1. The monoisotopic (exact) mass is 314 g/mol. The van der Waals surface area contributed by atoms with Crippen LogP contribution in [0.4, 0.5) is 0 Å². The lowest BCUT2D eigenvalue weighted by Gasteiger charge is -2.19. The molecule has 1 aliphatic carbocycles. The fourth-order valence-corrected chi connectivity index (χ4v) is 2.70. The van der Waals surface area contributed by atoms with Gasteiger partial charge in [-0.3, -0.25) is 9.89 Å². The molecule has 22 heavy (non-hydrogen) atoms. The second kappa shape index (κ2) is 6.67. The van der Waals surface area contributed by atoms with E-state index in [2.05, 4.69) is 22.0 Å². The van der Waals surface area contributed by atoms with E-state index < -0.39 is 0 Å². The van der Waals surface area contributed by atoms with Crippen molar-refractivity contribution in [3.8, 4) is 11.8 Å². The van der Waals surface area contributed by atoms with Crippen molar-refractivity contribution < 1.29 is 9.53 Å². The predicted molar refractivity (Wildman–Crippen MR) is 83.6 cm³/mol. The summed E-state index contributed by atoms with van der Waals surface area (Å²) in [4.78, 5) is 12.2. The van der Waals surface area contributed by atoms with Crippen LogP contribution in [-0.2, 0) is 16.0 Å². The van der Waals surface area contributed by atoms with Crippen LogP contribution in [0.3, 0.4) is 0 Å². The topological polar surface area (TPSA) is 55.0 Å². The maximum atomic E-state index is 12.2. The number of hydrogen-bond donors (Lipinski definition) is 1. The highest BCUT2D eigenvalue weighted by Gasteiger charge is 2.29. The molecule has 1 aromatic heterocycles. The Morgan fingerprint density at radius 3 is 3.05 bits per heavy atom. The first-order valence-corrected chi connectivity index (χ1v) is 7.55. The van der Waals surface area contributed by atoms with Crippen LogP contribution >= 0.6 is 11.6 Å². The number of esters is 1. The zero-order valence-corrected chi connectivity index (χ0v) is 12.7. The highest BCUT2D eigenvalue weighted by molar-refractivity contribution is 6.30. The van der Waals surface area contributed by atoms with E-state index in [0.717, 1.165) is 36.1 Å². The van der Waals surface area contributed by atoms with Crippen LogP contribution in [-0.4, -0.2) is 22.8 Å². The van der Waals surface area contributed by atoms with Gasteiger partial charge < -0.3 is 4.74 Å². The number of aryl methyl sites for hydroxylation is 1. The minimum Gasteiger partial charge on any atom is -0.452 e. The molecule has 0 saturated carbocycles. The molecule has 1 N–H and O–H groups in total. The first-order valence-electron chi connectivity index (χ1n) is 7.17. The number of nitrogens with one attached hydrogen (secondary N) is 1. The van der Waals surface area contributed by atoms with Gasteiger partial charge in [-0.1, -0.05) is 23.4 Å². The predicted octanol–water partition coefficient (Wildman–Crippen LogP) is 3.08. The van der Waals surface area contributed by atoms with Gasteiger partial charge in [0, 0.05) is 10.6 Å². The Bertz CT molecular complexity index is 725. The smallest absolute Gasteiger partial charge is 0.315 e. The van der Waals surface area contributed by atoms with Crippen molar-refractivity contribution in [2.24, 2.45) is 0 Å². The number of carbonyl (C=O) groups is 1. The average Bonchev–Trinajstić information content (AvgIpc) is 3.01. The number of H-pyrrole nitrogens is 1. The summed E-state index contributed by atoms with van der Waals surface area (Å²) in [5, 5.41) is 7.59. The Hall–Kier alpha value is -2.25. The Morgan fingerprint density at radius 2 is 2.23 bits per heavy atom. The van der Waals surface area contributed by atoms with E-state index in [1.807, 2.05) is 12.1 Å². The van der Waals surface area contributed by atoms with E-state index in [4.69, 9.17) is 16.3 Å². The summed E-state index contributed by atoms with van der Waals surface area (Å²) < 4.78 is 5.27. The van der Waals surface area contributed by atoms with E-state index in [-0.39, 0.29) is 18.5 Å². The third-order valence-corrected chi connectivity index (χ3v) is 3.94. The average molecular weight is 315 g/mol. The van der Waals surface area contributed by atoms with Gasteiger partial charge in [-0.05, 0) is 49.1 Å². The number of carbonyl (C=O) groups excluding carboxylic acids is 1. The largest absolute Gasteiger partial charge is 0.452 e. The quantitative estimate of drug-likeness (QED) is 0.684. The third-order valence-electron chi connectivity index (χ3n) is 3.69. The van der Waals surface area contributed by atoms with Crippen LogP contribution in [0.5, 0.6) is 0 Å². The molecule has 4 nitrogen and oxygen atoms in total. The van der Waals surface area contributed by atoms with Gasteiger partial charge in [-0.15, -0.1) is 0 Å². The van der Waals surface area contributed by atoms with Gasteiger partial charge in [0.05, 0.1) is 17.8 Å². The van der Waals surface area contributed by atoms with Crippen molar-refractivity contribution in [1.82, 2.24) is 10.2 Å². The summed E-state index contributed by atoms with van der Waals surface area (Å²) in [5.74, 6) is 5.30. The molecule has 0 fully saturated rings. The lowest BCUT2D eigenvalue weighted by molar-refractivity contribution is -0.144. The Kier molecular flexibility index (Phi) is 4.45. The van der Waals surface area contributed by atoms with Crippen LogP contribution < -0.4 is 0 Å². The molecular weight excluding hydrogens is 300 g/mol. The van der Waals surface area contributed by atoms with Crippen LogP contribution in [0, 0.1) is 11.8 Å². The van der Waals surface area contributed by atoms with Gasteiger partial charge in [-0.25, -0.2) is 0 Å². The number of ether oxygens (including phenoxy) is 1. The van der Waals surface area contributed by atoms with Gasteiger partial charge in [-0.2, -0.15) is 5.10 Å². The summed E-state index contributed by atoms with van der Waals surface area (Å²) in [7, 11) is 0. The van der Waals surface area contributed by atoms with E-state index in [0.29, 0.717) is 5.02 Å². The second-order valence-corrected chi connectivity index (χ2v) is 5.61. The molecule has 1 aromatic carbocycles. The van der Waals surface area contributed by atoms with E-state index in [1.165, 1.54) is 0 Å². The molecule has 0 amide bonds. The van der Waals surface area contributed by atoms with Crippen molar-refractivity contribution in [3.05, 3.63) is 52.3 Å². The van der Waals surface area contributed by atoms with E-state index >= 15 is 0 Å². The number of rotatable bonds is 2. The maximum Gasteiger partial charge on any atom is 0.315 e. The van der Waals surface area contributed by atoms with Crippen molar-refractivity contribution >= 4 is 17.6 Å². The zero-order valence-electron chi connectivity index (χ0n) is 11.9. The number of halogens is 1. The van der Waals surface area contributed by atoms with Crippen molar-refractivity contribution in [3.63, 3.8) is 0 Å². The standard InChI is InChI=1S/C17H15ClN2O2/c18-14-8-6-12(7-9-14)3-2-10-22-17(21)15-5-1-4-13-11-19-20-16(13)15/h6-9,11,15H,1,4-5,10H2,(H,19,20). The fourth-order valence-electron chi connectivity index (χ4n) is 2.58. The molecule has 0 aliphatic heterocycles. The molecule has 1 atom stereocenters. The molecule has 5 heteroatoms. The van der Waals surface area contributed by atoms with Crippen LogP contribution in [0.2, 0.25) is 5.02 Å². The molecular formula is C17H15ClN2O2. The van der Waals surface area contributed by atoms with Crippen LogP contribution in [0.25, 0.3) is 0 Å². The second-order valence-electron chi connectivity index (χ2n) is 5.17. The highest BCUT2D eigenvalue weighted by atomic mass is 35.5. The summed E-state index contributed by atoms with van der Waals surface area (Å²) in [6, 6.07) is 7.21. The molecule has 1 heterocycles. The molecule has 0 spiro atoms. The lowest BCUT2D eigenvalue weighted by Crippen LogP contribution is -2.20. The minimum absolute atomic E-state index is 0.0848. The Labute approximate surface area is 133 Å². The number of aromatic nitrogens is 2. The van der Waals surface area contributed by atoms with E-state index in [1.54, 1.807) is 18.3 Å². The molecule has 1 unspecified atom stereocenters. The molecule has 3 rings (SSSR count). The third kappa shape index (κ3) is 3.32. The fraction of sp³-hybridized carbons (Fsp3) is 0.294. The zero-order chi connectivity index (χ0) is 15.4. The Balaban J connectivity index is 1.57. The van der Waals surface area contributed by atoms with Crippen molar-refractivity contribution in [2.75, 3.05) is 6.61 Å². The summed E-state index contributed by atoms with van der Waals surface area (Å²) in [6.45, 7) is 0.0848. The molecule has 0 saturated heterocycles. The van der Waals surface area contributed by atoms with Gasteiger partial charge in [0.25, 0.3) is 0 Å². The van der Waals surface area contributed by atoms with Crippen LogP contribution in [0.15, 0.2) is 30.5 Å². The minimum atomic E-state index is -0.247. The summed E-state index contributed by atoms with van der Waals surface area (Å²) in [6.07, 6.45) is 4.52. The van der Waals surface area contributed by atoms with E-state index in [9.17, 15) is 4.79 Å². The molecule has 112 valence electrons. The van der Waals surface area contributed by atoms with Crippen LogP contribution in [0.1, 0.15) is 35.6 Å². The van der Waals surface area contributed by atoms with Gasteiger partial charge in [0.15, 0.2) is 6.61 Å². The number of nitrogens with zero attached hydrogens (tertiary/aromatic N) is 1. The maximum absolute atomic E-state index is 12.2. The first-order chi connectivity index (χ1) is 10.7. The molecule has 0 radical (unpaired) electrons.